The Kier molecular flexibility index (Phi) is 3.80. The molecule has 1 aliphatic carbocycles. The molecule has 5 nitrogen and oxygen atoms in total. The summed E-state index contributed by atoms with van der Waals surface area (Å²) in [5.74, 6) is -2.97. The van der Waals surface area contributed by atoms with Gasteiger partial charge in [-0.25, -0.2) is 4.79 Å². The molecule has 0 aromatic carbocycles. The molecule has 0 heterocycles. The molecule has 16 heavy (non-hydrogen) atoms. The number of carbonyl (C=O) groups excluding carboxylic acids is 3. The van der Waals surface area contributed by atoms with Crippen LogP contribution in [0.5, 0.6) is 0 Å². The lowest BCUT2D eigenvalue weighted by atomic mass is 9.74. The van der Waals surface area contributed by atoms with Gasteiger partial charge in [-0.2, -0.15) is 0 Å². The lowest BCUT2D eigenvalue weighted by molar-refractivity contribution is -0.177. The lowest BCUT2D eigenvalue weighted by Crippen LogP contribution is -2.55. The van der Waals surface area contributed by atoms with Crippen molar-refractivity contribution in [1.29, 1.82) is 0 Å². The number of carbonyl (C=O) groups is 3. The first-order valence-corrected chi connectivity index (χ1v) is 5.29. The predicted octanol–water partition coefficient (Wildman–Crippen LogP) is 0.239. The molecule has 90 valence electrons. The van der Waals surface area contributed by atoms with Crippen LogP contribution in [0.4, 0.5) is 0 Å². The molecular weight excluding hydrogens is 212 g/mol. The van der Waals surface area contributed by atoms with E-state index in [1.54, 1.807) is 0 Å². The monoisotopic (exact) mass is 228 g/mol. The zero-order valence-corrected chi connectivity index (χ0v) is 9.49. The number of aliphatic hydroxyl groups is 1. The fraction of sp³-hybridized carbons (Fsp3) is 0.727. The molecule has 1 N–H and O–H groups in total. The van der Waals surface area contributed by atoms with Crippen LogP contribution in [0, 0.1) is 5.92 Å². The molecule has 1 rings (SSSR count). The van der Waals surface area contributed by atoms with E-state index in [2.05, 4.69) is 4.74 Å². The molecular formula is C11H16O5. The first kappa shape index (κ1) is 12.8. The minimum atomic E-state index is -2.30. The highest BCUT2D eigenvalue weighted by molar-refractivity contribution is 6.10. The van der Waals surface area contributed by atoms with Gasteiger partial charge in [-0.1, -0.05) is 6.42 Å². The van der Waals surface area contributed by atoms with Crippen LogP contribution >= 0.6 is 0 Å². The van der Waals surface area contributed by atoms with Crippen LogP contribution in [0.2, 0.25) is 0 Å². The van der Waals surface area contributed by atoms with E-state index >= 15 is 0 Å². The minimum Gasteiger partial charge on any atom is -0.467 e. The highest BCUT2D eigenvalue weighted by Gasteiger charge is 2.52. The molecule has 1 aliphatic rings. The Morgan fingerprint density at radius 3 is 2.50 bits per heavy atom. The maximum Gasteiger partial charge on any atom is 0.346 e. The molecule has 1 fully saturated rings. The molecule has 2 atom stereocenters. The van der Waals surface area contributed by atoms with Crippen LogP contribution in [-0.4, -0.2) is 35.4 Å². The van der Waals surface area contributed by atoms with Crippen molar-refractivity contribution in [3.63, 3.8) is 0 Å². The topological polar surface area (TPSA) is 80.7 Å². The lowest BCUT2D eigenvalue weighted by Gasteiger charge is -2.32. The van der Waals surface area contributed by atoms with Crippen molar-refractivity contribution in [2.45, 2.75) is 38.2 Å². The van der Waals surface area contributed by atoms with Crippen LogP contribution in [0.15, 0.2) is 0 Å². The van der Waals surface area contributed by atoms with Gasteiger partial charge in [0.25, 0.3) is 0 Å². The third kappa shape index (κ3) is 2.00. The van der Waals surface area contributed by atoms with Crippen LogP contribution in [-0.2, 0) is 19.1 Å². The van der Waals surface area contributed by atoms with Gasteiger partial charge in [0.1, 0.15) is 5.78 Å². The van der Waals surface area contributed by atoms with Crippen molar-refractivity contribution >= 4 is 17.5 Å². The summed E-state index contributed by atoms with van der Waals surface area (Å²) < 4.78 is 4.42. The molecule has 0 aromatic heterocycles. The molecule has 0 saturated heterocycles. The second-order valence-electron chi connectivity index (χ2n) is 4.08. The van der Waals surface area contributed by atoms with Gasteiger partial charge in [-0.15, -0.1) is 0 Å². The van der Waals surface area contributed by atoms with E-state index in [1.807, 2.05) is 0 Å². The average Bonchev–Trinajstić information content (AvgIpc) is 2.27. The van der Waals surface area contributed by atoms with Crippen molar-refractivity contribution in [2.24, 2.45) is 5.92 Å². The SMILES string of the molecule is COC(=O)C(O)(C(C)=O)C1CCCCC1=O. The maximum absolute atomic E-state index is 11.6. The number of methoxy groups -OCH3 is 1. The number of rotatable bonds is 3. The quantitative estimate of drug-likeness (QED) is 0.552. The summed E-state index contributed by atoms with van der Waals surface area (Å²) in [6.45, 7) is 1.10. The highest BCUT2D eigenvalue weighted by Crippen LogP contribution is 2.31. The number of Topliss-reactive ketones (excluding diaryl/α,β-unsaturated/α-hetero) is 2. The van der Waals surface area contributed by atoms with Gasteiger partial charge in [-0.05, 0) is 19.8 Å². The molecule has 0 aliphatic heterocycles. The molecule has 2 unspecified atom stereocenters. The van der Waals surface area contributed by atoms with E-state index in [0.717, 1.165) is 26.9 Å². The van der Waals surface area contributed by atoms with Crippen LogP contribution in [0.3, 0.4) is 0 Å². The Balaban J connectivity index is 3.05. The standard InChI is InChI=1S/C11H16O5/c1-7(12)11(15,10(14)16-2)8-5-3-4-6-9(8)13/h8,15H,3-6H2,1-2H3. The predicted molar refractivity (Wildman–Crippen MR) is 54.6 cm³/mol. The third-order valence-electron chi connectivity index (χ3n) is 3.09. The number of ether oxygens (including phenoxy) is 1. The maximum atomic E-state index is 11.6. The van der Waals surface area contributed by atoms with E-state index in [-0.39, 0.29) is 5.78 Å². The first-order valence-electron chi connectivity index (χ1n) is 5.29. The smallest absolute Gasteiger partial charge is 0.346 e. The fourth-order valence-corrected chi connectivity index (χ4v) is 2.11. The molecule has 0 radical (unpaired) electrons. The van der Waals surface area contributed by atoms with Crippen molar-refractivity contribution in [1.82, 2.24) is 0 Å². The van der Waals surface area contributed by atoms with E-state index in [0.29, 0.717) is 12.8 Å². The van der Waals surface area contributed by atoms with Gasteiger partial charge in [0.2, 0.25) is 5.60 Å². The molecule has 5 heteroatoms. The Labute approximate surface area is 93.8 Å². The molecule has 1 saturated carbocycles. The van der Waals surface area contributed by atoms with Gasteiger partial charge in [0, 0.05) is 6.42 Å². The summed E-state index contributed by atoms with van der Waals surface area (Å²) in [5, 5.41) is 10.1. The summed E-state index contributed by atoms with van der Waals surface area (Å²) in [4.78, 5) is 34.5. The van der Waals surface area contributed by atoms with Gasteiger partial charge in [-0.3, -0.25) is 9.59 Å². The first-order chi connectivity index (χ1) is 7.44. The summed E-state index contributed by atoms with van der Waals surface area (Å²) in [5.41, 5.74) is -2.30. The highest BCUT2D eigenvalue weighted by atomic mass is 16.5. The second-order valence-corrected chi connectivity index (χ2v) is 4.08. The average molecular weight is 228 g/mol. The van der Waals surface area contributed by atoms with Gasteiger partial charge >= 0.3 is 5.97 Å². The number of hydrogen-bond acceptors (Lipinski definition) is 5. The van der Waals surface area contributed by atoms with Crippen molar-refractivity contribution in [3.05, 3.63) is 0 Å². The third-order valence-corrected chi connectivity index (χ3v) is 3.09. The van der Waals surface area contributed by atoms with Gasteiger partial charge in [0.05, 0.1) is 13.0 Å². The Morgan fingerprint density at radius 1 is 1.44 bits per heavy atom. The van der Waals surface area contributed by atoms with Gasteiger partial charge < -0.3 is 9.84 Å². The van der Waals surface area contributed by atoms with Crippen LogP contribution in [0.25, 0.3) is 0 Å². The zero-order chi connectivity index (χ0) is 12.3. The molecule has 0 spiro atoms. The van der Waals surface area contributed by atoms with E-state index in [4.69, 9.17) is 0 Å². The Bertz CT molecular complexity index is 322. The second kappa shape index (κ2) is 4.74. The fourth-order valence-electron chi connectivity index (χ4n) is 2.11. The van der Waals surface area contributed by atoms with E-state index < -0.39 is 23.3 Å². The number of hydrogen-bond donors (Lipinski definition) is 1. The van der Waals surface area contributed by atoms with Crippen molar-refractivity contribution < 1.29 is 24.2 Å². The summed E-state index contributed by atoms with van der Waals surface area (Å²) in [7, 11) is 1.09. The largest absolute Gasteiger partial charge is 0.467 e. The normalized spacial score (nSPS) is 24.7. The Hall–Kier alpha value is -1.23. The van der Waals surface area contributed by atoms with Crippen LogP contribution < -0.4 is 0 Å². The Morgan fingerprint density at radius 2 is 2.06 bits per heavy atom. The molecule has 0 aromatic rings. The summed E-state index contributed by atoms with van der Waals surface area (Å²) in [6.07, 6.45) is 2.12. The van der Waals surface area contributed by atoms with Crippen LogP contribution in [0.1, 0.15) is 32.6 Å². The minimum absolute atomic E-state index is 0.241. The summed E-state index contributed by atoms with van der Waals surface area (Å²) >= 11 is 0. The number of ketones is 2. The van der Waals surface area contributed by atoms with Crippen molar-refractivity contribution in [3.8, 4) is 0 Å². The summed E-state index contributed by atoms with van der Waals surface area (Å²) in [6, 6.07) is 0. The molecule has 0 amide bonds. The van der Waals surface area contributed by atoms with Gasteiger partial charge in [0.15, 0.2) is 5.78 Å². The number of esters is 1. The molecule has 0 bridgehead atoms. The van der Waals surface area contributed by atoms with E-state index in [9.17, 15) is 19.5 Å². The van der Waals surface area contributed by atoms with E-state index in [1.165, 1.54) is 0 Å². The van der Waals surface area contributed by atoms with Crippen molar-refractivity contribution in [2.75, 3.05) is 7.11 Å². The zero-order valence-electron chi connectivity index (χ0n) is 9.49.